The summed E-state index contributed by atoms with van der Waals surface area (Å²) in [5.74, 6) is 0.0920. The number of alkyl halides is 3. The van der Waals surface area contributed by atoms with E-state index in [1.54, 1.807) is 17.0 Å². The largest absolute Gasteiger partial charge is 0.484 e. The Morgan fingerprint density at radius 1 is 1.25 bits per heavy atom. The Balaban J connectivity index is 1.68. The van der Waals surface area contributed by atoms with Crippen LogP contribution in [0.2, 0.25) is 0 Å². The number of carbonyl (C=O) groups is 1. The highest BCUT2D eigenvalue weighted by molar-refractivity contribution is 6.00. The standard InChI is InChI=1S/C20H26F3NO4/c1-13(2)28-17-11-19(8-7-16(17)25)9-10-24(18(19)26)14-3-5-15(6-4-14)27-12-20(21,22)23/h3-6,13,16-17,25H,7-12H2,1-2H3. The first-order chi connectivity index (χ1) is 13.1. The second-order valence-electron chi connectivity index (χ2n) is 7.92. The maximum Gasteiger partial charge on any atom is 0.422 e. The van der Waals surface area contributed by atoms with Gasteiger partial charge in [0.2, 0.25) is 5.91 Å². The van der Waals surface area contributed by atoms with E-state index in [-0.39, 0.29) is 23.9 Å². The van der Waals surface area contributed by atoms with Gasteiger partial charge in [-0.3, -0.25) is 4.79 Å². The molecule has 1 aromatic rings. The number of anilines is 1. The van der Waals surface area contributed by atoms with Gasteiger partial charge in [0.15, 0.2) is 6.61 Å². The van der Waals surface area contributed by atoms with Crippen LogP contribution in [0.25, 0.3) is 0 Å². The Kier molecular flexibility index (Phi) is 5.91. The van der Waals surface area contributed by atoms with E-state index in [1.807, 2.05) is 13.8 Å². The molecular weight excluding hydrogens is 375 g/mol. The zero-order valence-corrected chi connectivity index (χ0v) is 16.0. The van der Waals surface area contributed by atoms with E-state index in [2.05, 4.69) is 0 Å². The van der Waals surface area contributed by atoms with Crippen molar-refractivity contribution in [3.8, 4) is 5.75 Å². The highest BCUT2D eigenvalue weighted by Gasteiger charge is 2.51. The van der Waals surface area contributed by atoms with Crippen molar-refractivity contribution in [3.63, 3.8) is 0 Å². The van der Waals surface area contributed by atoms with Crippen molar-refractivity contribution in [3.05, 3.63) is 24.3 Å². The third-order valence-electron chi connectivity index (χ3n) is 5.45. The fraction of sp³-hybridized carbons (Fsp3) is 0.650. The van der Waals surface area contributed by atoms with Crippen LogP contribution < -0.4 is 9.64 Å². The molecule has 5 nitrogen and oxygen atoms in total. The molecule has 0 aromatic heterocycles. The molecule has 8 heteroatoms. The number of hydrogen-bond acceptors (Lipinski definition) is 4. The van der Waals surface area contributed by atoms with Crippen LogP contribution in [-0.2, 0) is 9.53 Å². The number of carbonyl (C=O) groups excluding carboxylic acids is 1. The summed E-state index contributed by atoms with van der Waals surface area (Å²) in [5, 5.41) is 10.2. The van der Waals surface area contributed by atoms with Gasteiger partial charge in [0, 0.05) is 12.2 Å². The van der Waals surface area contributed by atoms with Crippen molar-refractivity contribution in [2.45, 2.75) is 64.0 Å². The highest BCUT2D eigenvalue weighted by Crippen LogP contribution is 2.47. The van der Waals surface area contributed by atoms with Crippen molar-refractivity contribution in [1.29, 1.82) is 0 Å². The van der Waals surface area contributed by atoms with E-state index >= 15 is 0 Å². The molecule has 1 heterocycles. The summed E-state index contributed by atoms with van der Waals surface area (Å²) in [4.78, 5) is 14.8. The molecule has 156 valence electrons. The zero-order valence-electron chi connectivity index (χ0n) is 16.0. The Morgan fingerprint density at radius 2 is 1.93 bits per heavy atom. The number of aliphatic hydroxyl groups excluding tert-OH is 1. The van der Waals surface area contributed by atoms with Gasteiger partial charge in [0.05, 0.1) is 23.7 Å². The van der Waals surface area contributed by atoms with Gasteiger partial charge in [-0.25, -0.2) is 0 Å². The number of amides is 1. The number of rotatable bonds is 5. The van der Waals surface area contributed by atoms with Gasteiger partial charge < -0.3 is 19.5 Å². The van der Waals surface area contributed by atoms with Crippen LogP contribution >= 0.6 is 0 Å². The Labute approximate surface area is 162 Å². The summed E-state index contributed by atoms with van der Waals surface area (Å²) in [5.41, 5.74) is 0.0817. The average molecular weight is 401 g/mol. The Hall–Kier alpha value is -1.80. The van der Waals surface area contributed by atoms with Crippen molar-refractivity contribution in [2.24, 2.45) is 5.41 Å². The van der Waals surface area contributed by atoms with Crippen LogP contribution in [0, 0.1) is 5.41 Å². The first-order valence-corrected chi connectivity index (χ1v) is 9.55. The molecule has 1 saturated heterocycles. The lowest BCUT2D eigenvalue weighted by molar-refractivity contribution is -0.153. The molecule has 0 radical (unpaired) electrons. The van der Waals surface area contributed by atoms with Gasteiger partial charge in [-0.05, 0) is 63.8 Å². The third-order valence-corrected chi connectivity index (χ3v) is 5.45. The number of nitrogens with zero attached hydrogens (tertiary/aromatic N) is 1. The smallest absolute Gasteiger partial charge is 0.422 e. The number of aliphatic hydroxyl groups is 1. The summed E-state index contributed by atoms with van der Waals surface area (Å²) in [6.45, 7) is 2.99. The van der Waals surface area contributed by atoms with Crippen LogP contribution in [0.5, 0.6) is 5.75 Å². The first kappa shape index (κ1) is 20.9. The van der Waals surface area contributed by atoms with Crippen LogP contribution in [-0.4, -0.2) is 48.7 Å². The van der Waals surface area contributed by atoms with E-state index in [1.165, 1.54) is 12.1 Å². The fourth-order valence-electron chi connectivity index (χ4n) is 4.10. The maximum absolute atomic E-state index is 13.2. The zero-order chi connectivity index (χ0) is 20.5. The summed E-state index contributed by atoms with van der Waals surface area (Å²) in [6.07, 6.45) is -3.09. The molecule has 1 spiro atoms. The predicted octanol–water partition coefficient (Wildman–Crippen LogP) is 3.69. The normalized spacial score (nSPS) is 28.4. The van der Waals surface area contributed by atoms with Crippen molar-refractivity contribution < 1.29 is 32.5 Å². The molecule has 1 amide bonds. The minimum Gasteiger partial charge on any atom is -0.484 e. The Morgan fingerprint density at radius 3 is 2.54 bits per heavy atom. The first-order valence-electron chi connectivity index (χ1n) is 9.55. The van der Waals surface area contributed by atoms with Gasteiger partial charge >= 0.3 is 6.18 Å². The summed E-state index contributed by atoms with van der Waals surface area (Å²) >= 11 is 0. The minimum absolute atomic E-state index is 0.0132. The average Bonchev–Trinajstić information content (AvgIpc) is 2.92. The molecule has 2 aliphatic rings. The molecule has 28 heavy (non-hydrogen) atoms. The van der Waals surface area contributed by atoms with Gasteiger partial charge in [0.25, 0.3) is 0 Å². The minimum atomic E-state index is -4.39. The van der Waals surface area contributed by atoms with Crippen LogP contribution in [0.1, 0.15) is 39.5 Å². The molecule has 2 fully saturated rings. The molecular formula is C20H26F3NO4. The molecule has 1 saturated carbocycles. The second kappa shape index (κ2) is 7.91. The predicted molar refractivity (Wildman–Crippen MR) is 97.3 cm³/mol. The highest BCUT2D eigenvalue weighted by atomic mass is 19.4. The molecule has 3 atom stereocenters. The SMILES string of the molecule is CC(C)OC1CC2(CCC1O)CCN(c1ccc(OCC(F)(F)F)cc1)C2=O. The van der Waals surface area contributed by atoms with Crippen LogP contribution in [0.4, 0.5) is 18.9 Å². The number of ether oxygens (including phenoxy) is 2. The lowest BCUT2D eigenvalue weighted by Crippen LogP contribution is -2.46. The number of hydrogen-bond donors (Lipinski definition) is 1. The number of halogens is 3. The van der Waals surface area contributed by atoms with E-state index in [0.29, 0.717) is 37.9 Å². The lowest BCUT2D eigenvalue weighted by Gasteiger charge is -2.39. The quantitative estimate of drug-likeness (QED) is 0.818. The monoisotopic (exact) mass is 401 g/mol. The molecule has 0 bridgehead atoms. The van der Waals surface area contributed by atoms with Gasteiger partial charge in [-0.2, -0.15) is 13.2 Å². The van der Waals surface area contributed by atoms with Gasteiger partial charge in [-0.15, -0.1) is 0 Å². The molecule has 1 N–H and O–H groups in total. The molecule has 1 aliphatic heterocycles. The Bertz CT molecular complexity index is 692. The molecule has 3 unspecified atom stereocenters. The molecule has 1 aliphatic carbocycles. The summed E-state index contributed by atoms with van der Waals surface area (Å²) < 4.78 is 47.3. The van der Waals surface area contributed by atoms with E-state index in [9.17, 15) is 23.1 Å². The van der Waals surface area contributed by atoms with Gasteiger partial charge in [0.1, 0.15) is 5.75 Å². The van der Waals surface area contributed by atoms with Crippen molar-refractivity contribution in [2.75, 3.05) is 18.1 Å². The van der Waals surface area contributed by atoms with Gasteiger partial charge in [-0.1, -0.05) is 0 Å². The summed E-state index contributed by atoms with van der Waals surface area (Å²) in [7, 11) is 0. The number of benzene rings is 1. The topological polar surface area (TPSA) is 59.0 Å². The fourth-order valence-corrected chi connectivity index (χ4v) is 4.10. The van der Waals surface area contributed by atoms with Crippen molar-refractivity contribution in [1.82, 2.24) is 0 Å². The van der Waals surface area contributed by atoms with Crippen LogP contribution in [0.15, 0.2) is 24.3 Å². The lowest BCUT2D eigenvalue weighted by atomic mass is 9.70. The second-order valence-corrected chi connectivity index (χ2v) is 7.92. The third kappa shape index (κ3) is 4.60. The maximum atomic E-state index is 13.2. The van der Waals surface area contributed by atoms with E-state index in [0.717, 1.165) is 0 Å². The van der Waals surface area contributed by atoms with E-state index in [4.69, 9.17) is 9.47 Å². The molecule has 3 rings (SSSR count). The molecule has 1 aromatic carbocycles. The summed E-state index contributed by atoms with van der Waals surface area (Å²) in [6, 6.07) is 6.08. The van der Waals surface area contributed by atoms with Crippen molar-refractivity contribution >= 4 is 11.6 Å². The van der Waals surface area contributed by atoms with E-state index < -0.39 is 24.3 Å². The van der Waals surface area contributed by atoms with Crippen LogP contribution in [0.3, 0.4) is 0 Å².